The monoisotopic (exact) mass is 517 g/mol. The summed E-state index contributed by atoms with van der Waals surface area (Å²) in [5.41, 5.74) is 0. The van der Waals surface area contributed by atoms with E-state index >= 15 is 0 Å². The van der Waals surface area contributed by atoms with Gasteiger partial charge in [0, 0.05) is 39.1 Å². The molecular weight excluding hydrogens is 481 g/mol. The van der Waals surface area contributed by atoms with Crippen molar-refractivity contribution in [3.8, 4) is 0 Å². The van der Waals surface area contributed by atoms with Crippen LogP contribution in [0.3, 0.4) is 0 Å². The molecule has 0 bridgehead atoms. The van der Waals surface area contributed by atoms with Crippen LogP contribution in [0.4, 0.5) is 0 Å². The summed E-state index contributed by atoms with van der Waals surface area (Å²) in [6, 6.07) is 0.756. The van der Waals surface area contributed by atoms with E-state index in [-0.39, 0.29) is 41.8 Å². The van der Waals surface area contributed by atoms with Gasteiger partial charge in [0.05, 0.1) is 0 Å². The Balaban J connectivity index is 0.00000300. The Morgan fingerprint density at radius 2 is 1.76 bits per heavy atom. The average Bonchev–Trinajstić information content (AvgIpc) is 3.30. The second-order valence-electron chi connectivity index (χ2n) is 8.45. The van der Waals surface area contributed by atoms with E-state index in [1.807, 2.05) is 32.6 Å². The summed E-state index contributed by atoms with van der Waals surface area (Å²) < 4.78 is 1.98. The van der Waals surface area contributed by atoms with Crippen molar-refractivity contribution in [1.29, 1.82) is 0 Å². The normalized spacial score (nSPS) is 22.8. The Bertz CT molecular complexity index is 697. The molecule has 2 N–H and O–H groups in total. The van der Waals surface area contributed by atoms with Gasteiger partial charge < -0.3 is 20.1 Å². The van der Waals surface area contributed by atoms with E-state index in [0.717, 1.165) is 43.3 Å². The number of carbonyl (C=O) groups excluding carboxylic acids is 1. The Morgan fingerprint density at radius 1 is 1.10 bits per heavy atom. The van der Waals surface area contributed by atoms with E-state index in [4.69, 9.17) is 4.99 Å². The van der Waals surface area contributed by atoms with Gasteiger partial charge in [0.1, 0.15) is 12.4 Å². The van der Waals surface area contributed by atoms with Crippen molar-refractivity contribution in [2.24, 2.45) is 18.0 Å². The second kappa shape index (κ2) is 11.1. The van der Waals surface area contributed by atoms with Gasteiger partial charge in [-0.2, -0.15) is 0 Å². The first-order chi connectivity index (χ1) is 13.4. The summed E-state index contributed by atoms with van der Waals surface area (Å²) in [6.45, 7) is 2.44. The number of aryl methyl sites for hydroxylation is 1. The van der Waals surface area contributed by atoms with Crippen molar-refractivity contribution in [3.05, 3.63) is 11.6 Å². The van der Waals surface area contributed by atoms with Gasteiger partial charge in [-0.3, -0.25) is 4.79 Å². The molecule has 1 aromatic rings. The Morgan fingerprint density at radius 3 is 2.38 bits per heavy atom. The molecule has 29 heavy (non-hydrogen) atoms. The molecule has 2 saturated carbocycles. The number of rotatable bonds is 5. The van der Waals surface area contributed by atoms with Crippen LogP contribution in [0.1, 0.15) is 63.0 Å². The summed E-state index contributed by atoms with van der Waals surface area (Å²) >= 11 is 0. The smallest absolute Gasteiger partial charge is 0.225 e. The number of hydrogen-bond donors (Lipinski definition) is 2. The van der Waals surface area contributed by atoms with E-state index in [0.29, 0.717) is 12.6 Å². The van der Waals surface area contributed by atoms with Crippen molar-refractivity contribution in [1.82, 2.24) is 30.3 Å². The maximum absolute atomic E-state index is 12.4. The predicted octanol–water partition coefficient (Wildman–Crippen LogP) is 2.37. The number of aromatic nitrogens is 3. The van der Waals surface area contributed by atoms with Crippen LogP contribution in [0.15, 0.2) is 4.99 Å². The van der Waals surface area contributed by atoms with Gasteiger partial charge >= 0.3 is 0 Å². The maximum atomic E-state index is 12.4. The molecule has 1 aromatic heterocycles. The van der Waals surface area contributed by atoms with Crippen LogP contribution in [0, 0.1) is 12.8 Å². The minimum absolute atomic E-state index is 0. The molecule has 0 radical (unpaired) electrons. The minimum Gasteiger partial charge on any atom is -0.354 e. The van der Waals surface area contributed by atoms with Crippen molar-refractivity contribution >= 4 is 35.8 Å². The van der Waals surface area contributed by atoms with E-state index < -0.39 is 0 Å². The number of hydrogen-bond acceptors (Lipinski definition) is 4. The highest BCUT2D eigenvalue weighted by atomic mass is 127. The summed E-state index contributed by atoms with van der Waals surface area (Å²) in [5, 5.41) is 15.6. The fourth-order valence-corrected chi connectivity index (χ4v) is 4.24. The van der Waals surface area contributed by atoms with E-state index in [1.54, 1.807) is 4.90 Å². The summed E-state index contributed by atoms with van der Waals surface area (Å²) in [6.07, 6.45) is 8.92. The molecule has 3 rings (SSSR count). The molecule has 0 spiro atoms. The molecule has 0 saturated heterocycles. The van der Waals surface area contributed by atoms with Gasteiger partial charge in [0.25, 0.3) is 0 Å². The zero-order valence-corrected chi connectivity index (χ0v) is 20.5. The molecule has 0 aromatic carbocycles. The molecule has 9 heteroatoms. The summed E-state index contributed by atoms with van der Waals surface area (Å²) in [7, 11) is 5.66. The second-order valence-corrected chi connectivity index (χ2v) is 8.45. The standard InChI is InChI=1S/C20H35N7O.HI/c1-14-24-25-18(27(14)4)13-21-20(22-16-9-5-6-10-16)23-17-11-7-8-15(12-17)19(28)26(2)3;/h15-17H,5-13H2,1-4H3,(H2,21,22,23);1H. The molecular formula is C20H36IN7O. The van der Waals surface area contributed by atoms with Gasteiger partial charge in [-0.1, -0.05) is 19.3 Å². The van der Waals surface area contributed by atoms with Crippen molar-refractivity contribution < 1.29 is 4.79 Å². The molecule has 8 nitrogen and oxygen atoms in total. The Hall–Kier alpha value is -1.39. The van der Waals surface area contributed by atoms with Crippen LogP contribution in [-0.4, -0.2) is 57.7 Å². The minimum atomic E-state index is 0. The van der Waals surface area contributed by atoms with Crippen LogP contribution in [0.2, 0.25) is 0 Å². The first kappa shape index (κ1) is 23.9. The van der Waals surface area contributed by atoms with Crippen LogP contribution < -0.4 is 10.6 Å². The van der Waals surface area contributed by atoms with Crippen molar-refractivity contribution in [3.63, 3.8) is 0 Å². The van der Waals surface area contributed by atoms with Gasteiger partial charge in [-0.15, -0.1) is 34.2 Å². The quantitative estimate of drug-likeness (QED) is 0.356. The lowest BCUT2D eigenvalue weighted by Gasteiger charge is -2.32. The average molecular weight is 517 g/mol. The molecule has 2 aliphatic rings. The first-order valence-corrected chi connectivity index (χ1v) is 10.6. The number of nitrogens with one attached hydrogen (secondary N) is 2. The highest BCUT2D eigenvalue weighted by Gasteiger charge is 2.29. The van der Waals surface area contributed by atoms with Crippen LogP contribution in [0.5, 0.6) is 0 Å². The third-order valence-corrected chi connectivity index (χ3v) is 6.06. The fourth-order valence-electron chi connectivity index (χ4n) is 4.24. The third kappa shape index (κ3) is 6.55. The molecule has 1 amide bonds. The zero-order chi connectivity index (χ0) is 20.1. The lowest BCUT2D eigenvalue weighted by atomic mass is 9.85. The number of aliphatic imine (C=N–C) groups is 1. The predicted molar refractivity (Wildman–Crippen MR) is 125 cm³/mol. The molecule has 0 aliphatic heterocycles. The molecule has 2 unspecified atom stereocenters. The number of carbonyl (C=O) groups is 1. The molecule has 1 heterocycles. The maximum Gasteiger partial charge on any atom is 0.225 e. The lowest BCUT2D eigenvalue weighted by molar-refractivity contribution is -0.134. The largest absolute Gasteiger partial charge is 0.354 e. The molecule has 2 atom stereocenters. The van der Waals surface area contributed by atoms with E-state index in [1.165, 1.54) is 25.7 Å². The van der Waals surface area contributed by atoms with Gasteiger partial charge in [-0.05, 0) is 39.0 Å². The first-order valence-electron chi connectivity index (χ1n) is 10.6. The third-order valence-electron chi connectivity index (χ3n) is 6.06. The lowest BCUT2D eigenvalue weighted by Crippen LogP contribution is -2.49. The van der Waals surface area contributed by atoms with E-state index in [2.05, 4.69) is 20.8 Å². The van der Waals surface area contributed by atoms with E-state index in [9.17, 15) is 4.79 Å². The van der Waals surface area contributed by atoms with Gasteiger partial charge in [0.15, 0.2) is 11.8 Å². The number of amides is 1. The van der Waals surface area contributed by atoms with Crippen molar-refractivity contribution in [2.75, 3.05) is 14.1 Å². The zero-order valence-electron chi connectivity index (χ0n) is 18.1. The summed E-state index contributed by atoms with van der Waals surface area (Å²) in [4.78, 5) is 18.9. The Kier molecular flexibility index (Phi) is 9.16. The fraction of sp³-hybridized carbons (Fsp3) is 0.800. The van der Waals surface area contributed by atoms with Gasteiger partial charge in [0.2, 0.25) is 5.91 Å². The van der Waals surface area contributed by atoms with Crippen LogP contribution >= 0.6 is 24.0 Å². The molecule has 164 valence electrons. The van der Waals surface area contributed by atoms with Crippen LogP contribution in [0.25, 0.3) is 0 Å². The highest BCUT2D eigenvalue weighted by Crippen LogP contribution is 2.26. The molecule has 2 fully saturated rings. The van der Waals surface area contributed by atoms with Crippen molar-refractivity contribution in [2.45, 2.75) is 76.9 Å². The SMILES string of the molecule is Cc1nnc(CN=C(NC2CCCC2)NC2CCCC(C(=O)N(C)C)C2)n1C.I. The van der Waals surface area contributed by atoms with Gasteiger partial charge in [-0.25, -0.2) is 4.99 Å². The number of guanidine groups is 1. The molecule has 2 aliphatic carbocycles. The topological polar surface area (TPSA) is 87.4 Å². The van der Waals surface area contributed by atoms with Crippen LogP contribution in [-0.2, 0) is 18.4 Å². The number of halogens is 1. The number of nitrogens with zero attached hydrogens (tertiary/aromatic N) is 5. The highest BCUT2D eigenvalue weighted by molar-refractivity contribution is 14.0. The Labute approximate surface area is 191 Å². The summed E-state index contributed by atoms with van der Waals surface area (Å²) in [5.74, 6) is 2.93.